The Hall–Kier alpha value is -2.83. The summed E-state index contributed by atoms with van der Waals surface area (Å²) in [7, 11) is 1.64. The third-order valence-corrected chi connectivity index (χ3v) is 5.84. The van der Waals surface area contributed by atoms with Gasteiger partial charge in [0.05, 0.1) is 23.7 Å². The number of methoxy groups -OCH3 is 1. The van der Waals surface area contributed by atoms with Crippen LogP contribution in [0, 0.1) is 0 Å². The van der Waals surface area contributed by atoms with Crippen LogP contribution < -0.4 is 0 Å². The standard InChI is InChI=1S/C23H23N3O2S/c1-3-25-16-17(19-11-7-8-12-20(19)25)15-21-22(27)26(13-14-28-2)23(29-21)24-18-9-5-4-6-10-18/h4-12,15-16H,3,13-14H2,1-2H3/b21-15-,24-23?. The number of amides is 1. The number of ether oxygens (including phenoxy) is 1. The predicted octanol–water partition coefficient (Wildman–Crippen LogP) is 4.91. The molecule has 2 aromatic carbocycles. The van der Waals surface area contributed by atoms with Gasteiger partial charge in [0.2, 0.25) is 0 Å². The molecule has 2 heterocycles. The lowest BCUT2D eigenvalue weighted by Gasteiger charge is -2.14. The topological polar surface area (TPSA) is 46.8 Å². The number of para-hydroxylation sites is 2. The van der Waals surface area contributed by atoms with Crippen LogP contribution >= 0.6 is 11.8 Å². The van der Waals surface area contributed by atoms with Crippen molar-refractivity contribution in [2.24, 2.45) is 4.99 Å². The minimum Gasteiger partial charge on any atom is -0.383 e. The molecule has 1 aliphatic heterocycles. The molecule has 1 saturated heterocycles. The minimum atomic E-state index is -0.0324. The number of fused-ring (bicyclic) bond motifs is 1. The number of benzene rings is 2. The number of aromatic nitrogens is 1. The molecule has 0 unspecified atom stereocenters. The van der Waals surface area contributed by atoms with E-state index in [-0.39, 0.29) is 5.91 Å². The second-order valence-corrected chi connectivity index (χ2v) is 7.69. The number of carbonyl (C=O) groups excluding carboxylic acids is 1. The van der Waals surface area contributed by atoms with E-state index in [0.29, 0.717) is 23.2 Å². The zero-order valence-corrected chi connectivity index (χ0v) is 17.4. The average Bonchev–Trinajstić information content (AvgIpc) is 3.25. The average molecular weight is 406 g/mol. The van der Waals surface area contributed by atoms with E-state index in [1.807, 2.05) is 48.5 Å². The van der Waals surface area contributed by atoms with Gasteiger partial charge in [0.25, 0.3) is 5.91 Å². The first-order chi connectivity index (χ1) is 14.2. The summed E-state index contributed by atoms with van der Waals surface area (Å²) in [6.07, 6.45) is 4.09. The monoisotopic (exact) mass is 405 g/mol. The van der Waals surface area contributed by atoms with Crippen molar-refractivity contribution in [2.45, 2.75) is 13.5 Å². The van der Waals surface area contributed by atoms with Gasteiger partial charge < -0.3 is 9.30 Å². The van der Waals surface area contributed by atoms with Crippen molar-refractivity contribution in [3.63, 3.8) is 0 Å². The van der Waals surface area contributed by atoms with Gasteiger partial charge in [0, 0.05) is 36.3 Å². The second kappa shape index (κ2) is 8.68. The molecular formula is C23H23N3O2S. The smallest absolute Gasteiger partial charge is 0.266 e. The largest absolute Gasteiger partial charge is 0.383 e. The number of thioether (sulfide) groups is 1. The van der Waals surface area contributed by atoms with Crippen LogP contribution in [0.5, 0.6) is 0 Å². The number of amidine groups is 1. The van der Waals surface area contributed by atoms with Crippen molar-refractivity contribution in [3.8, 4) is 0 Å². The minimum absolute atomic E-state index is 0.0324. The van der Waals surface area contributed by atoms with E-state index in [2.05, 4.69) is 29.8 Å². The van der Waals surface area contributed by atoms with Crippen molar-refractivity contribution in [1.29, 1.82) is 0 Å². The molecule has 0 saturated carbocycles. The molecule has 0 aliphatic carbocycles. The molecule has 0 bridgehead atoms. The number of rotatable bonds is 6. The quantitative estimate of drug-likeness (QED) is 0.548. The summed E-state index contributed by atoms with van der Waals surface area (Å²) in [5.74, 6) is -0.0324. The van der Waals surface area contributed by atoms with E-state index in [4.69, 9.17) is 9.73 Å². The molecule has 0 spiro atoms. The van der Waals surface area contributed by atoms with Crippen molar-refractivity contribution < 1.29 is 9.53 Å². The summed E-state index contributed by atoms with van der Waals surface area (Å²) in [6.45, 7) is 3.94. The first-order valence-electron chi connectivity index (χ1n) is 9.63. The first kappa shape index (κ1) is 19.5. The Morgan fingerprint density at radius 2 is 1.86 bits per heavy atom. The van der Waals surface area contributed by atoms with E-state index in [1.54, 1.807) is 12.0 Å². The molecule has 148 valence electrons. The molecule has 1 amide bonds. The Bertz CT molecular complexity index is 1090. The molecule has 1 aliphatic rings. The fourth-order valence-corrected chi connectivity index (χ4v) is 4.39. The zero-order chi connectivity index (χ0) is 20.2. The van der Waals surface area contributed by atoms with Crippen LogP contribution in [0.15, 0.2) is 70.7 Å². The summed E-state index contributed by atoms with van der Waals surface area (Å²) in [6, 6.07) is 18.0. The van der Waals surface area contributed by atoms with Crippen LogP contribution in [-0.2, 0) is 16.1 Å². The molecule has 1 aromatic heterocycles. The highest BCUT2D eigenvalue weighted by Gasteiger charge is 2.33. The SMILES string of the molecule is CCn1cc(/C=C2\SC(=Nc3ccccc3)N(CCOC)C2=O)c2ccccc21. The maximum Gasteiger partial charge on any atom is 0.266 e. The molecule has 1 fully saturated rings. The summed E-state index contributed by atoms with van der Waals surface area (Å²) < 4.78 is 7.40. The van der Waals surface area contributed by atoms with Crippen molar-refractivity contribution in [3.05, 3.63) is 71.3 Å². The van der Waals surface area contributed by atoms with Gasteiger partial charge in [-0.3, -0.25) is 9.69 Å². The number of nitrogens with zero attached hydrogens (tertiary/aromatic N) is 3. The number of hydrogen-bond acceptors (Lipinski definition) is 4. The van der Waals surface area contributed by atoms with Crippen molar-refractivity contribution >= 4 is 45.5 Å². The number of hydrogen-bond donors (Lipinski definition) is 0. The molecule has 6 heteroatoms. The fourth-order valence-electron chi connectivity index (χ4n) is 3.38. The van der Waals surface area contributed by atoms with Crippen LogP contribution in [0.4, 0.5) is 5.69 Å². The van der Waals surface area contributed by atoms with Crippen LogP contribution in [0.25, 0.3) is 17.0 Å². The van der Waals surface area contributed by atoms with E-state index in [1.165, 1.54) is 17.3 Å². The molecule has 0 atom stereocenters. The Balaban J connectivity index is 1.73. The molecule has 29 heavy (non-hydrogen) atoms. The Kier molecular flexibility index (Phi) is 5.83. The summed E-state index contributed by atoms with van der Waals surface area (Å²) >= 11 is 1.42. The molecule has 0 N–H and O–H groups in total. The lowest BCUT2D eigenvalue weighted by Crippen LogP contribution is -2.32. The van der Waals surface area contributed by atoms with Gasteiger partial charge in [-0.25, -0.2) is 4.99 Å². The highest BCUT2D eigenvalue weighted by molar-refractivity contribution is 8.18. The van der Waals surface area contributed by atoms with Crippen LogP contribution in [0.3, 0.4) is 0 Å². The maximum atomic E-state index is 13.1. The lowest BCUT2D eigenvalue weighted by atomic mass is 10.1. The normalized spacial score (nSPS) is 17.2. The molecule has 4 rings (SSSR count). The van der Waals surface area contributed by atoms with Crippen LogP contribution in [0.1, 0.15) is 12.5 Å². The van der Waals surface area contributed by atoms with Gasteiger partial charge in [-0.2, -0.15) is 0 Å². The first-order valence-corrected chi connectivity index (χ1v) is 10.4. The van der Waals surface area contributed by atoms with Crippen molar-refractivity contribution in [1.82, 2.24) is 9.47 Å². The molecule has 3 aromatic rings. The maximum absolute atomic E-state index is 13.1. The highest BCUT2D eigenvalue weighted by atomic mass is 32.2. The van der Waals surface area contributed by atoms with Crippen LogP contribution in [0.2, 0.25) is 0 Å². The van der Waals surface area contributed by atoms with Gasteiger partial charge in [0.1, 0.15) is 0 Å². The molecular weight excluding hydrogens is 382 g/mol. The number of aliphatic imine (C=N–C) groups is 1. The zero-order valence-electron chi connectivity index (χ0n) is 16.5. The molecule has 0 radical (unpaired) electrons. The lowest BCUT2D eigenvalue weighted by molar-refractivity contribution is -0.122. The fraction of sp³-hybridized carbons (Fsp3) is 0.217. The van der Waals surface area contributed by atoms with E-state index in [0.717, 1.165) is 23.2 Å². The van der Waals surface area contributed by atoms with Gasteiger partial charge in [-0.05, 0) is 43.0 Å². The van der Waals surface area contributed by atoms with Gasteiger partial charge in [0.15, 0.2) is 5.17 Å². The van der Waals surface area contributed by atoms with Gasteiger partial charge in [-0.1, -0.05) is 36.4 Å². The summed E-state index contributed by atoms with van der Waals surface area (Å²) in [4.78, 5) is 20.2. The third-order valence-electron chi connectivity index (χ3n) is 4.83. The Morgan fingerprint density at radius 3 is 2.62 bits per heavy atom. The molecule has 5 nitrogen and oxygen atoms in total. The Labute approximate surface area is 174 Å². The van der Waals surface area contributed by atoms with Crippen LogP contribution in [-0.4, -0.2) is 40.8 Å². The van der Waals surface area contributed by atoms with E-state index in [9.17, 15) is 4.79 Å². The summed E-state index contributed by atoms with van der Waals surface area (Å²) in [5, 5.41) is 1.83. The third kappa shape index (κ3) is 3.99. The van der Waals surface area contributed by atoms with Crippen molar-refractivity contribution in [2.75, 3.05) is 20.3 Å². The van der Waals surface area contributed by atoms with Gasteiger partial charge in [-0.15, -0.1) is 0 Å². The predicted molar refractivity (Wildman–Crippen MR) is 120 cm³/mol. The van der Waals surface area contributed by atoms with E-state index >= 15 is 0 Å². The highest BCUT2D eigenvalue weighted by Crippen LogP contribution is 2.35. The second-order valence-electron chi connectivity index (χ2n) is 6.68. The Morgan fingerprint density at radius 1 is 1.10 bits per heavy atom. The number of aryl methyl sites for hydroxylation is 1. The van der Waals surface area contributed by atoms with Gasteiger partial charge >= 0.3 is 0 Å². The summed E-state index contributed by atoms with van der Waals surface area (Å²) in [5.41, 5.74) is 3.05. The van der Waals surface area contributed by atoms with E-state index < -0.39 is 0 Å². The number of carbonyl (C=O) groups is 1.